The van der Waals surface area contributed by atoms with Crippen molar-refractivity contribution in [2.24, 2.45) is 0 Å². The average molecular weight is 337 g/mol. The van der Waals surface area contributed by atoms with Gasteiger partial charge < -0.3 is 10.0 Å². The summed E-state index contributed by atoms with van der Waals surface area (Å²) >= 11 is 0. The molecule has 23 heavy (non-hydrogen) atoms. The SMILES string of the molecule is CC(C)(C)NCCC(=O)c1cccc(NS(=O)C2CCCC2)c1. The molecule has 1 aromatic carbocycles. The molecular formula is C18H28N2O2S. The second-order valence-corrected chi connectivity index (χ2v) is 8.70. The third kappa shape index (κ3) is 6.07. The van der Waals surface area contributed by atoms with Crippen LogP contribution in [0.3, 0.4) is 0 Å². The molecule has 2 N–H and O–H groups in total. The Morgan fingerprint density at radius 2 is 1.96 bits per heavy atom. The van der Waals surface area contributed by atoms with Gasteiger partial charge in [-0.3, -0.25) is 4.79 Å². The normalized spacial score (nSPS) is 17.2. The van der Waals surface area contributed by atoms with Crippen molar-refractivity contribution >= 4 is 22.5 Å². The first kappa shape index (κ1) is 18.1. The Morgan fingerprint density at radius 3 is 2.61 bits per heavy atom. The van der Waals surface area contributed by atoms with Crippen molar-refractivity contribution in [2.75, 3.05) is 11.3 Å². The van der Waals surface area contributed by atoms with Crippen LogP contribution in [-0.4, -0.2) is 27.3 Å². The van der Waals surface area contributed by atoms with Gasteiger partial charge in [0, 0.05) is 29.8 Å². The molecule has 1 saturated carbocycles. The summed E-state index contributed by atoms with van der Waals surface area (Å²) in [6.07, 6.45) is 4.84. The van der Waals surface area contributed by atoms with Crippen molar-refractivity contribution in [2.45, 2.75) is 63.7 Å². The topological polar surface area (TPSA) is 58.2 Å². The Morgan fingerprint density at radius 1 is 1.26 bits per heavy atom. The number of Topliss-reactive ketones (excluding diaryl/α,β-unsaturated/α-hetero) is 1. The Kier molecular flexibility index (Phi) is 6.36. The third-order valence-electron chi connectivity index (χ3n) is 4.02. The van der Waals surface area contributed by atoms with Crippen molar-refractivity contribution in [3.63, 3.8) is 0 Å². The summed E-state index contributed by atoms with van der Waals surface area (Å²) in [5.74, 6) is 0.108. The average Bonchev–Trinajstić information content (AvgIpc) is 3.00. The number of rotatable bonds is 7. The first-order valence-corrected chi connectivity index (χ1v) is 9.62. The molecule has 1 aromatic rings. The molecule has 0 amide bonds. The highest BCUT2D eigenvalue weighted by Gasteiger charge is 2.21. The second-order valence-electron chi connectivity index (χ2n) is 7.24. The van der Waals surface area contributed by atoms with Crippen molar-refractivity contribution in [1.82, 2.24) is 5.32 Å². The lowest BCUT2D eigenvalue weighted by molar-refractivity contribution is 0.0980. The molecule has 0 aromatic heterocycles. The van der Waals surface area contributed by atoms with Gasteiger partial charge in [-0.05, 0) is 45.7 Å². The van der Waals surface area contributed by atoms with E-state index in [0.717, 1.165) is 31.4 Å². The summed E-state index contributed by atoms with van der Waals surface area (Å²) in [6, 6.07) is 7.35. The minimum atomic E-state index is -1.06. The maximum absolute atomic E-state index is 12.3. The quantitative estimate of drug-likeness (QED) is 0.747. The van der Waals surface area contributed by atoms with Crippen LogP contribution in [0.4, 0.5) is 5.69 Å². The van der Waals surface area contributed by atoms with Gasteiger partial charge in [0.05, 0.1) is 5.25 Å². The summed E-state index contributed by atoms with van der Waals surface area (Å²) in [5.41, 5.74) is 1.46. The number of carbonyl (C=O) groups excluding carboxylic acids is 1. The predicted octanol–water partition coefficient (Wildman–Crippen LogP) is 3.67. The number of carbonyl (C=O) groups is 1. The van der Waals surface area contributed by atoms with Crippen LogP contribution in [0.1, 0.15) is 63.2 Å². The zero-order valence-electron chi connectivity index (χ0n) is 14.4. The van der Waals surface area contributed by atoms with Crippen LogP contribution < -0.4 is 10.0 Å². The zero-order valence-corrected chi connectivity index (χ0v) is 15.2. The molecule has 1 unspecified atom stereocenters. The Hall–Kier alpha value is -1.20. The summed E-state index contributed by atoms with van der Waals surface area (Å²) in [6.45, 7) is 6.91. The highest BCUT2D eigenvalue weighted by Crippen LogP contribution is 2.24. The number of anilines is 1. The molecule has 2 rings (SSSR count). The number of hydrogen-bond donors (Lipinski definition) is 2. The molecule has 1 aliphatic carbocycles. The molecular weight excluding hydrogens is 308 g/mol. The van der Waals surface area contributed by atoms with E-state index in [2.05, 4.69) is 30.8 Å². The van der Waals surface area contributed by atoms with Gasteiger partial charge in [-0.1, -0.05) is 25.0 Å². The molecule has 1 fully saturated rings. The van der Waals surface area contributed by atoms with Crippen LogP contribution in [0.25, 0.3) is 0 Å². The minimum Gasteiger partial charge on any atom is -0.312 e. The van der Waals surface area contributed by atoms with Crippen LogP contribution in [0.2, 0.25) is 0 Å². The van der Waals surface area contributed by atoms with Crippen LogP contribution in [0.5, 0.6) is 0 Å². The second kappa shape index (κ2) is 8.06. The molecule has 4 nitrogen and oxygen atoms in total. The molecule has 128 valence electrons. The maximum atomic E-state index is 12.3. The fourth-order valence-electron chi connectivity index (χ4n) is 2.75. The first-order valence-electron chi connectivity index (χ1n) is 8.41. The monoisotopic (exact) mass is 336 g/mol. The molecule has 0 spiro atoms. The lowest BCUT2D eigenvalue weighted by Gasteiger charge is -2.20. The predicted molar refractivity (Wildman–Crippen MR) is 97.2 cm³/mol. The van der Waals surface area contributed by atoms with E-state index in [4.69, 9.17) is 0 Å². The summed E-state index contributed by atoms with van der Waals surface area (Å²) < 4.78 is 15.3. The van der Waals surface area contributed by atoms with E-state index in [1.54, 1.807) is 0 Å². The fourth-order valence-corrected chi connectivity index (χ4v) is 4.04. The highest BCUT2D eigenvalue weighted by atomic mass is 32.2. The molecule has 0 aliphatic heterocycles. The van der Waals surface area contributed by atoms with Gasteiger partial charge in [-0.15, -0.1) is 0 Å². The van der Waals surface area contributed by atoms with Gasteiger partial charge in [-0.25, -0.2) is 4.21 Å². The van der Waals surface area contributed by atoms with E-state index in [1.807, 2.05) is 24.3 Å². The number of ketones is 1. The molecule has 0 bridgehead atoms. The van der Waals surface area contributed by atoms with E-state index in [9.17, 15) is 9.00 Å². The molecule has 0 heterocycles. The molecule has 1 aliphatic rings. The van der Waals surface area contributed by atoms with Crippen LogP contribution in [0.15, 0.2) is 24.3 Å². The summed E-state index contributed by atoms with van der Waals surface area (Å²) in [7, 11) is -1.06. The van der Waals surface area contributed by atoms with Crippen molar-refractivity contribution < 1.29 is 9.00 Å². The Labute approximate surface area is 142 Å². The van der Waals surface area contributed by atoms with E-state index < -0.39 is 11.0 Å². The Balaban J connectivity index is 1.90. The highest BCUT2D eigenvalue weighted by molar-refractivity contribution is 7.87. The number of benzene rings is 1. The maximum Gasteiger partial charge on any atom is 0.164 e. The van der Waals surface area contributed by atoms with Crippen molar-refractivity contribution in [3.8, 4) is 0 Å². The van der Waals surface area contributed by atoms with Gasteiger partial charge >= 0.3 is 0 Å². The van der Waals surface area contributed by atoms with E-state index >= 15 is 0 Å². The first-order chi connectivity index (χ1) is 10.8. The largest absolute Gasteiger partial charge is 0.312 e. The van der Waals surface area contributed by atoms with Gasteiger partial charge in [0.15, 0.2) is 5.78 Å². The van der Waals surface area contributed by atoms with Crippen molar-refractivity contribution in [3.05, 3.63) is 29.8 Å². The van der Waals surface area contributed by atoms with Gasteiger partial charge in [-0.2, -0.15) is 0 Å². The van der Waals surface area contributed by atoms with Crippen LogP contribution >= 0.6 is 0 Å². The van der Waals surface area contributed by atoms with E-state index in [1.165, 1.54) is 0 Å². The lowest BCUT2D eigenvalue weighted by Crippen LogP contribution is -2.37. The summed E-state index contributed by atoms with van der Waals surface area (Å²) in [4.78, 5) is 12.3. The number of hydrogen-bond acceptors (Lipinski definition) is 3. The van der Waals surface area contributed by atoms with Crippen molar-refractivity contribution in [1.29, 1.82) is 0 Å². The number of nitrogens with one attached hydrogen (secondary N) is 2. The lowest BCUT2D eigenvalue weighted by atomic mass is 10.1. The fraction of sp³-hybridized carbons (Fsp3) is 0.611. The zero-order chi connectivity index (χ0) is 16.9. The molecule has 0 radical (unpaired) electrons. The molecule has 5 heteroatoms. The molecule has 0 saturated heterocycles. The van der Waals surface area contributed by atoms with Gasteiger partial charge in [0.2, 0.25) is 0 Å². The van der Waals surface area contributed by atoms with Gasteiger partial charge in [0.25, 0.3) is 0 Å². The van der Waals surface area contributed by atoms with Crippen LogP contribution in [0, 0.1) is 0 Å². The molecule has 1 atom stereocenters. The van der Waals surface area contributed by atoms with Gasteiger partial charge in [0.1, 0.15) is 11.0 Å². The van der Waals surface area contributed by atoms with E-state index in [-0.39, 0.29) is 16.6 Å². The van der Waals surface area contributed by atoms with Crippen LogP contribution in [-0.2, 0) is 11.0 Å². The smallest absolute Gasteiger partial charge is 0.164 e. The minimum absolute atomic E-state index is 0.0157. The summed E-state index contributed by atoms with van der Waals surface area (Å²) in [5, 5.41) is 3.56. The van der Waals surface area contributed by atoms with E-state index in [0.29, 0.717) is 18.5 Å². The Bertz CT molecular complexity index is 560. The third-order valence-corrected chi connectivity index (χ3v) is 5.53. The standard InChI is InChI=1S/C18H28N2O2S/c1-18(2,3)19-12-11-17(21)14-7-6-8-15(13-14)20-23(22)16-9-4-5-10-16/h6-8,13,16,19-20H,4-5,9-12H2,1-3H3.